The predicted molar refractivity (Wildman–Crippen MR) is 50.3 cm³/mol. The Hall–Kier alpha value is -2.24. The summed E-state index contributed by atoms with van der Waals surface area (Å²) in [6.45, 7) is 0. The first-order valence-corrected chi connectivity index (χ1v) is 4.61. The van der Waals surface area contributed by atoms with Crippen LogP contribution >= 0.6 is 0 Å². The van der Waals surface area contributed by atoms with Crippen LogP contribution in [0.4, 0.5) is 22.0 Å². The van der Waals surface area contributed by atoms with E-state index >= 15 is 0 Å². The Morgan fingerprint density at radius 3 is 2.42 bits per heavy atom. The normalized spacial score (nSPS) is 11.3. The molecule has 0 radical (unpaired) electrons. The van der Waals surface area contributed by atoms with Crippen LogP contribution in [-0.4, -0.2) is 18.1 Å². The summed E-state index contributed by atoms with van der Waals surface area (Å²) in [5.41, 5.74) is -5.05. The molecule has 0 unspecified atom stereocenters. The molecule has 102 valence electrons. The van der Waals surface area contributed by atoms with E-state index in [1.54, 1.807) is 0 Å². The third-order valence-corrected chi connectivity index (χ3v) is 2.08. The van der Waals surface area contributed by atoms with E-state index in [0.29, 0.717) is 0 Å². The molecular formula is C10H5F5N2O2. The first-order chi connectivity index (χ1) is 8.72. The third kappa shape index (κ3) is 2.96. The zero-order valence-electron chi connectivity index (χ0n) is 9.26. The van der Waals surface area contributed by atoms with Gasteiger partial charge in [0.1, 0.15) is 11.8 Å². The third-order valence-electron chi connectivity index (χ3n) is 2.08. The van der Waals surface area contributed by atoms with Crippen LogP contribution < -0.4 is 0 Å². The second-order valence-corrected chi connectivity index (χ2v) is 3.22. The molecule has 1 aromatic heterocycles. The molecule has 1 aromatic rings. The molecule has 4 nitrogen and oxygen atoms in total. The quantitative estimate of drug-likeness (QED) is 0.617. The lowest BCUT2D eigenvalue weighted by Crippen LogP contribution is -2.18. The number of hydrogen-bond acceptors (Lipinski definition) is 4. The van der Waals surface area contributed by atoms with Gasteiger partial charge in [0.25, 0.3) is 6.43 Å². The summed E-state index contributed by atoms with van der Waals surface area (Å²) in [6, 6.07) is 1.24. The minimum absolute atomic E-state index is 0.0302. The van der Waals surface area contributed by atoms with Crippen LogP contribution in [0.15, 0.2) is 6.07 Å². The first kappa shape index (κ1) is 14.8. The molecule has 1 rings (SSSR count). The number of halogens is 5. The van der Waals surface area contributed by atoms with E-state index < -0.39 is 41.1 Å². The van der Waals surface area contributed by atoms with Crippen LogP contribution in [-0.2, 0) is 10.9 Å². The molecule has 1 heterocycles. The maximum absolute atomic E-state index is 12.6. The lowest BCUT2D eigenvalue weighted by atomic mass is 10.1. The van der Waals surface area contributed by atoms with Crippen LogP contribution in [0.1, 0.15) is 33.7 Å². The van der Waals surface area contributed by atoms with Crippen molar-refractivity contribution < 1.29 is 31.5 Å². The van der Waals surface area contributed by atoms with Crippen molar-refractivity contribution in [1.82, 2.24) is 4.98 Å². The molecule has 0 aliphatic carbocycles. The van der Waals surface area contributed by atoms with Gasteiger partial charge in [0.05, 0.1) is 18.2 Å². The Bertz CT molecular complexity index is 548. The van der Waals surface area contributed by atoms with Gasteiger partial charge in [-0.25, -0.2) is 18.6 Å². The summed E-state index contributed by atoms with van der Waals surface area (Å²) >= 11 is 0. The lowest BCUT2D eigenvalue weighted by Gasteiger charge is -2.13. The second kappa shape index (κ2) is 5.17. The Balaban J connectivity index is 3.64. The van der Waals surface area contributed by atoms with Gasteiger partial charge >= 0.3 is 12.1 Å². The number of esters is 1. The van der Waals surface area contributed by atoms with Crippen molar-refractivity contribution in [3.8, 4) is 6.07 Å². The van der Waals surface area contributed by atoms with E-state index in [9.17, 15) is 26.7 Å². The van der Waals surface area contributed by atoms with Crippen molar-refractivity contribution in [2.45, 2.75) is 12.6 Å². The Morgan fingerprint density at radius 1 is 1.47 bits per heavy atom. The highest BCUT2D eigenvalue weighted by molar-refractivity contribution is 5.89. The number of carbonyl (C=O) groups is 1. The van der Waals surface area contributed by atoms with Crippen LogP contribution in [0.3, 0.4) is 0 Å². The SMILES string of the molecule is COC(=O)c1nc(C#N)c(C(F)F)cc1C(F)(F)F. The first-order valence-electron chi connectivity index (χ1n) is 4.61. The minimum Gasteiger partial charge on any atom is -0.464 e. The average molecular weight is 280 g/mol. The van der Waals surface area contributed by atoms with Gasteiger partial charge in [0, 0.05) is 0 Å². The molecule has 0 aliphatic rings. The van der Waals surface area contributed by atoms with Gasteiger partial charge in [0.2, 0.25) is 0 Å². The summed E-state index contributed by atoms with van der Waals surface area (Å²) in [5.74, 6) is -1.47. The Labute approximate surface area is 103 Å². The lowest BCUT2D eigenvalue weighted by molar-refractivity contribution is -0.138. The Morgan fingerprint density at radius 2 is 2.05 bits per heavy atom. The highest BCUT2D eigenvalue weighted by atomic mass is 19.4. The van der Waals surface area contributed by atoms with E-state index in [1.807, 2.05) is 0 Å². The maximum Gasteiger partial charge on any atom is 0.418 e. The number of nitrogens with zero attached hydrogens (tertiary/aromatic N) is 2. The van der Waals surface area contributed by atoms with E-state index in [-0.39, 0.29) is 6.07 Å². The van der Waals surface area contributed by atoms with Crippen LogP contribution in [0, 0.1) is 11.3 Å². The zero-order valence-corrected chi connectivity index (χ0v) is 9.26. The molecule has 0 aromatic carbocycles. The summed E-state index contributed by atoms with van der Waals surface area (Å²) < 4.78 is 67.1. The van der Waals surface area contributed by atoms with E-state index in [0.717, 1.165) is 7.11 Å². The monoisotopic (exact) mass is 280 g/mol. The topological polar surface area (TPSA) is 63.0 Å². The molecule has 19 heavy (non-hydrogen) atoms. The van der Waals surface area contributed by atoms with Gasteiger partial charge in [-0.15, -0.1) is 0 Å². The average Bonchev–Trinajstić information content (AvgIpc) is 2.34. The fourth-order valence-electron chi connectivity index (χ4n) is 1.25. The van der Waals surface area contributed by atoms with Crippen molar-refractivity contribution in [1.29, 1.82) is 5.26 Å². The van der Waals surface area contributed by atoms with Crippen molar-refractivity contribution in [3.05, 3.63) is 28.6 Å². The maximum atomic E-state index is 12.6. The van der Waals surface area contributed by atoms with Crippen LogP contribution in [0.25, 0.3) is 0 Å². The van der Waals surface area contributed by atoms with Gasteiger partial charge < -0.3 is 4.74 Å². The fourth-order valence-corrected chi connectivity index (χ4v) is 1.25. The van der Waals surface area contributed by atoms with E-state index in [1.165, 1.54) is 6.07 Å². The van der Waals surface area contributed by atoms with Crippen molar-refractivity contribution in [3.63, 3.8) is 0 Å². The smallest absolute Gasteiger partial charge is 0.418 e. The summed E-state index contributed by atoms with van der Waals surface area (Å²) in [6.07, 6.45) is -8.40. The standard InChI is InChI=1S/C10H5F5N2O2/c1-19-9(18)7-5(10(13,14)15)2-4(8(11)12)6(3-16)17-7/h2,8H,1H3. The van der Waals surface area contributed by atoms with Crippen molar-refractivity contribution in [2.24, 2.45) is 0 Å². The van der Waals surface area contributed by atoms with E-state index in [2.05, 4.69) is 9.72 Å². The zero-order chi connectivity index (χ0) is 14.8. The fraction of sp³-hybridized carbons (Fsp3) is 0.300. The predicted octanol–water partition coefficient (Wildman–Crippen LogP) is 2.70. The van der Waals surface area contributed by atoms with Gasteiger partial charge in [-0.3, -0.25) is 0 Å². The molecule has 9 heteroatoms. The molecule has 0 saturated heterocycles. The molecular weight excluding hydrogens is 275 g/mol. The summed E-state index contributed by atoms with van der Waals surface area (Å²) in [5, 5.41) is 8.56. The molecule has 0 aliphatic heterocycles. The number of rotatable bonds is 2. The van der Waals surface area contributed by atoms with Gasteiger partial charge in [-0.05, 0) is 6.07 Å². The molecule has 0 atom stereocenters. The number of alkyl halides is 5. The molecule has 0 N–H and O–H groups in total. The van der Waals surface area contributed by atoms with E-state index in [4.69, 9.17) is 5.26 Å². The largest absolute Gasteiger partial charge is 0.464 e. The second-order valence-electron chi connectivity index (χ2n) is 3.22. The van der Waals surface area contributed by atoms with Crippen molar-refractivity contribution >= 4 is 5.97 Å². The number of nitriles is 1. The number of methoxy groups -OCH3 is 1. The minimum atomic E-state index is -5.08. The highest BCUT2D eigenvalue weighted by Gasteiger charge is 2.38. The molecule has 0 spiro atoms. The summed E-state index contributed by atoms with van der Waals surface area (Å²) in [7, 11) is 0.803. The number of aromatic nitrogens is 1. The highest BCUT2D eigenvalue weighted by Crippen LogP contribution is 2.35. The van der Waals surface area contributed by atoms with Gasteiger partial charge in [0.15, 0.2) is 5.69 Å². The van der Waals surface area contributed by atoms with Crippen LogP contribution in [0.5, 0.6) is 0 Å². The molecule has 0 amide bonds. The Kier molecular flexibility index (Phi) is 4.04. The molecule has 0 bridgehead atoms. The number of hydrogen-bond donors (Lipinski definition) is 0. The summed E-state index contributed by atoms with van der Waals surface area (Å²) in [4.78, 5) is 14.2. The molecule has 0 fully saturated rings. The number of carbonyl (C=O) groups excluding carboxylic acids is 1. The number of pyridine rings is 1. The van der Waals surface area contributed by atoms with Gasteiger partial charge in [-0.1, -0.05) is 0 Å². The molecule has 0 saturated carbocycles. The van der Waals surface area contributed by atoms with Crippen LogP contribution in [0.2, 0.25) is 0 Å². The van der Waals surface area contributed by atoms with Gasteiger partial charge in [-0.2, -0.15) is 18.4 Å². The van der Waals surface area contributed by atoms with Crippen molar-refractivity contribution in [2.75, 3.05) is 7.11 Å². The number of ether oxygens (including phenoxy) is 1.